The van der Waals surface area contributed by atoms with Gasteiger partial charge in [-0.15, -0.1) is 0 Å². The van der Waals surface area contributed by atoms with Crippen molar-refractivity contribution in [3.05, 3.63) is 34.6 Å². The molecule has 0 fully saturated rings. The van der Waals surface area contributed by atoms with E-state index in [1.54, 1.807) is 0 Å². The van der Waals surface area contributed by atoms with Crippen molar-refractivity contribution in [2.24, 2.45) is 0 Å². The first kappa shape index (κ1) is 14.3. The van der Waals surface area contributed by atoms with Crippen LogP contribution in [0, 0.1) is 38.9 Å². The van der Waals surface area contributed by atoms with Crippen molar-refractivity contribution in [3.8, 4) is 9.86 Å². The molecule has 0 aliphatic rings. The van der Waals surface area contributed by atoms with Crippen LogP contribution in [0.5, 0.6) is 0 Å². The van der Waals surface area contributed by atoms with Gasteiger partial charge in [0.1, 0.15) is 0 Å². The van der Waals surface area contributed by atoms with Crippen LogP contribution in [0.1, 0.15) is 5.56 Å². The predicted molar refractivity (Wildman–Crippen MR) is 56.5 cm³/mol. The second-order valence-corrected chi connectivity index (χ2v) is 18.0. The zero-order chi connectivity index (χ0) is 13.4. The molecule has 0 saturated heterocycles. The molecule has 0 spiro atoms. The molecule has 0 aliphatic heterocycles. The summed E-state index contributed by atoms with van der Waals surface area (Å²) in [7, 11) is 0. The Labute approximate surface area is 99.7 Å². The Balaban J connectivity index is 3.49. The third-order valence-electron chi connectivity index (χ3n) is 1.77. The maximum absolute atomic E-state index is 13.2. The van der Waals surface area contributed by atoms with Crippen LogP contribution in [0.4, 0.5) is 22.0 Å². The molecule has 0 nitrogen and oxygen atoms in total. The maximum atomic E-state index is 13.2. The quantitative estimate of drug-likeness (QED) is 0.219. The summed E-state index contributed by atoms with van der Waals surface area (Å²) in [5, 5.41) is 0. The van der Waals surface area contributed by atoms with Crippen molar-refractivity contribution in [1.82, 2.24) is 0 Å². The normalized spacial score (nSPS) is 11.1. The Bertz CT molecular complexity index is 490. The summed E-state index contributed by atoms with van der Waals surface area (Å²) in [6.45, 7) is 0. The first-order valence-corrected chi connectivity index (χ1v) is 14.7. The van der Waals surface area contributed by atoms with E-state index in [-0.39, 0.29) is 0 Å². The first-order valence-electron chi connectivity index (χ1n) is 4.69. The summed E-state index contributed by atoms with van der Waals surface area (Å²) in [5.74, 6) is -7.75. The summed E-state index contributed by atoms with van der Waals surface area (Å²) in [4.78, 5) is 5.56. The molecule has 17 heavy (non-hydrogen) atoms. The average Bonchev–Trinajstić information content (AvgIpc) is 2.22. The zero-order valence-electron chi connectivity index (χ0n) is 9.39. The Kier molecular flexibility index (Phi) is 4.07. The molecule has 0 bridgehead atoms. The van der Waals surface area contributed by atoms with Crippen LogP contribution in [-0.2, 0) is 0 Å². The Morgan fingerprint density at radius 2 is 1.06 bits per heavy atom. The van der Waals surface area contributed by atoms with Crippen LogP contribution < -0.4 is 0 Å². The van der Waals surface area contributed by atoms with E-state index in [4.69, 9.17) is 0 Å². The second-order valence-electron chi connectivity index (χ2n) is 4.44. The molecule has 0 aromatic heterocycles. The monoisotopic (exact) mass is 356 g/mol. The van der Waals surface area contributed by atoms with Crippen molar-refractivity contribution < 1.29 is 22.0 Å². The average molecular weight is 355 g/mol. The third kappa shape index (κ3) is 3.12. The topological polar surface area (TPSA) is 0 Å². The molecular weight excluding hydrogens is 346 g/mol. The van der Waals surface area contributed by atoms with Gasteiger partial charge >= 0.3 is 99.7 Å². The molecule has 0 atom stereocenters. The Hall–Kier alpha value is -0.771. The molecule has 0 saturated carbocycles. The molecule has 1 aromatic carbocycles. The fraction of sp³-hybridized carbons (Fsp3) is 0.273. The SMILES string of the molecule is [CH3][Sn]([CH3])([CH3])[C]#Cc1c(F)c(F)c(F)c(F)c1F. The van der Waals surface area contributed by atoms with Crippen LogP contribution >= 0.6 is 0 Å². The molecular formula is C11H9F5Sn. The van der Waals surface area contributed by atoms with Crippen LogP contribution in [0.3, 0.4) is 0 Å². The minimum atomic E-state index is -2.66. The molecule has 6 heteroatoms. The first-order chi connectivity index (χ1) is 7.65. The number of rotatable bonds is 0. The fourth-order valence-corrected chi connectivity index (χ4v) is 2.39. The molecule has 0 heterocycles. The van der Waals surface area contributed by atoms with Crippen LogP contribution in [0.2, 0.25) is 14.8 Å². The van der Waals surface area contributed by atoms with E-state index in [0.29, 0.717) is 0 Å². The molecule has 0 amide bonds. The van der Waals surface area contributed by atoms with Gasteiger partial charge in [0.25, 0.3) is 0 Å². The fourth-order valence-electron chi connectivity index (χ4n) is 0.965. The standard InChI is InChI=1S/C8F5.3CH3.Sn/c1-2-3-4(9)6(11)8(13)7(12)5(3)10;;;;/h;3*1H3;. The summed E-state index contributed by atoms with van der Waals surface area (Å²) in [6, 6.07) is 0. The Morgan fingerprint density at radius 1 is 0.706 bits per heavy atom. The summed E-state index contributed by atoms with van der Waals surface area (Å²) >= 11 is -2.66. The van der Waals surface area contributed by atoms with Crippen molar-refractivity contribution in [3.63, 3.8) is 0 Å². The van der Waals surface area contributed by atoms with Gasteiger partial charge in [-0.25, -0.2) is 0 Å². The van der Waals surface area contributed by atoms with Gasteiger partial charge in [-0.05, 0) is 0 Å². The zero-order valence-corrected chi connectivity index (χ0v) is 12.2. The molecule has 1 rings (SSSR count). The van der Waals surface area contributed by atoms with E-state index < -0.39 is 53.0 Å². The van der Waals surface area contributed by atoms with Gasteiger partial charge in [-0.1, -0.05) is 0 Å². The molecule has 0 unspecified atom stereocenters. The van der Waals surface area contributed by atoms with Crippen LogP contribution in [0.15, 0.2) is 0 Å². The van der Waals surface area contributed by atoms with E-state index >= 15 is 0 Å². The predicted octanol–water partition coefficient (Wildman–Crippen LogP) is 3.61. The van der Waals surface area contributed by atoms with Crippen molar-refractivity contribution in [2.45, 2.75) is 14.8 Å². The summed E-state index contributed by atoms with van der Waals surface area (Å²) < 4.78 is 67.3. The van der Waals surface area contributed by atoms with Crippen LogP contribution in [0.25, 0.3) is 0 Å². The van der Waals surface area contributed by atoms with Crippen molar-refractivity contribution in [1.29, 1.82) is 0 Å². The number of hydrogen-bond acceptors (Lipinski definition) is 0. The van der Waals surface area contributed by atoms with Crippen molar-refractivity contribution >= 4 is 18.4 Å². The van der Waals surface area contributed by atoms with Crippen LogP contribution in [-0.4, -0.2) is 18.4 Å². The van der Waals surface area contributed by atoms with Crippen molar-refractivity contribution in [2.75, 3.05) is 0 Å². The van der Waals surface area contributed by atoms with E-state index in [2.05, 4.69) is 9.86 Å². The number of hydrogen-bond donors (Lipinski definition) is 0. The summed E-state index contributed by atoms with van der Waals surface area (Å²) in [5.41, 5.74) is -1.05. The van der Waals surface area contributed by atoms with Gasteiger partial charge in [-0.3, -0.25) is 0 Å². The van der Waals surface area contributed by atoms with E-state index in [1.165, 1.54) is 0 Å². The van der Waals surface area contributed by atoms with Gasteiger partial charge in [0.05, 0.1) is 0 Å². The molecule has 0 N–H and O–H groups in total. The van der Waals surface area contributed by atoms with Gasteiger partial charge < -0.3 is 0 Å². The minimum absolute atomic E-state index is 1.05. The van der Waals surface area contributed by atoms with Gasteiger partial charge in [-0.2, -0.15) is 0 Å². The summed E-state index contributed by atoms with van der Waals surface area (Å²) in [6.07, 6.45) is 0. The van der Waals surface area contributed by atoms with E-state index in [9.17, 15) is 22.0 Å². The Morgan fingerprint density at radius 3 is 1.41 bits per heavy atom. The van der Waals surface area contributed by atoms with Gasteiger partial charge in [0.2, 0.25) is 0 Å². The third-order valence-corrected chi connectivity index (χ3v) is 4.27. The molecule has 92 valence electrons. The van der Waals surface area contributed by atoms with Gasteiger partial charge in [0, 0.05) is 0 Å². The number of benzene rings is 1. The second kappa shape index (κ2) is 4.84. The van der Waals surface area contributed by atoms with E-state index in [0.717, 1.165) is 0 Å². The van der Waals surface area contributed by atoms with Gasteiger partial charge in [0.15, 0.2) is 0 Å². The van der Waals surface area contributed by atoms with E-state index in [1.807, 2.05) is 14.8 Å². The molecule has 0 radical (unpaired) electrons. The molecule has 1 aromatic rings. The molecule has 0 aliphatic carbocycles. The number of halogens is 5.